The molecule has 0 aliphatic heterocycles. The molecule has 1 aliphatic carbocycles. The third kappa shape index (κ3) is 17.5. The van der Waals surface area contributed by atoms with Crippen molar-refractivity contribution < 1.29 is 19.2 Å². The van der Waals surface area contributed by atoms with Gasteiger partial charge >= 0.3 is 0 Å². The van der Waals surface area contributed by atoms with Crippen molar-refractivity contribution in [1.29, 1.82) is 0 Å². The number of pyridine rings is 8. The van der Waals surface area contributed by atoms with Crippen LogP contribution >= 0.6 is 0 Å². The van der Waals surface area contributed by atoms with Crippen LogP contribution in [0.3, 0.4) is 0 Å². The molecule has 4 aromatic carbocycles. The molecule has 0 bridgehead atoms. The maximum absolute atomic E-state index is 12.3. The second-order valence-corrected chi connectivity index (χ2v) is 31.1. The number of H-pyrrole nitrogens is 8. The largest absolute Gasteiger partial charge is 0.335 e. The topological polar surface area (TPSA) is 449 Å². The lowest BCUT2D eigenvalue weighted by molar-refractivity contribution is -0.118. The lowest BCUT2D eigenvalue weighted by Crippen LogP contribution is -2.19. The predicted molar refractivity (Wildman–Crippen MR) is 475 cm³/mol. The molecule has 12 N–H and O–H groups in total. The van der Waals surface area contributed by atoms with Gasteiger partial charge in [-0.1, -0.05) is 65.3 Å². The summed E-state index contributed by atoms with van der Waals surface area (Å²) in [6.07, 6.45) is 33.7. The van der Waals surface area contributed by atoms with Crippen LogP contribution in [0.1, 0.15) is 86.0 Å². The molecule has 16 heterocycles. The first-order valence-corrected chi connectivity index (χ1v) is 40.2. The number of aromatic amines is 8. The highest BCUT2D eigenvalue weighted by Gasteiger charge is 2.30. The molecule has 4 amide bonds. The molecular formula is C91H80N28O4. The predicted octanol–water partition coefficient (Wildman–Crippen LogP) is 17.8. The number of benzene rings is 4. The van der Waals surface area contributed by atoms with Crippen molar-refractivity contribution in [2.75, 3.05) is 21.3 Å². The monoisotopic (exact) mass is 1630 g/mol. The summed E-state index contributed by atoms with van der Waals surface area (Å²) in [6.45, 7) is 10.2. The molecule has 16 aromatic heterocycles. The van der Waals surface area contributed by atoms with Crippen LogP contribution in [0.25, 0.3) is 178 Å². The number of nitrogens with one attached hydrogen (secondary N) is 12. The van der Waals surface area contributed by atoms with Gasteiger partial charge in [0.2, 0.25) is 23.6 Å². The lowest BCUT2D eigenvalue weighted by atomic mass is 9.92. The van der Waals surface area contributed by atoms with Gasteiger partial charge in [-0.15, -0.1) is 0 Å². The van der Waals surface area contributed by atoms with Gasteiger partial charge in [0.25, 0.3) is 0 Å². The van der Waals surface area contributed by atoms with Gasteiger partial charge in [0.1, 0.15) is 22.8 Å². The summed E-state index contributed by atoms with van der Waals surface area (Å²) in [7, 11) is 0. The van der Waals surface area contributed by atoms with Crippen LogP contribution in [0.5, 0.6) is 0 Å². The Hall–Kier alpha value is -16.3. The van der Waals surface area contributed by atoms with Crippen molar-refractivity contribution in [3.63, 3.8) is 0 Å². The minimum atomic E-state index is -0.0788. The molecule has 21 rings (SSSR count). The number of rotatable bonds is 19. The molecule has 1 aliphatic rings. The number of imidazole rings is 4. The van der Waals surface area contributed by atoms with Gasteiger partial charge in [0.05, 0.1) is 139 Å². The Morgan fingerprint density at radius 3 is 0.935 bits per heavy atom. The molecule has 1 saturated carbocycles. The number of hydrogen-bond donors (Lipinski definition) is 12. The van der Waals surface area contributed by atoms with E-state index < -0.39 is 0 Å². The van der Waals surface area contributed by atoms with Crippen LogP contribution in [-0.4, -0.2) is 144 Å². The first-order chi connectivity index (χ1) is 60.0. The highest BCUT2D eigenvalue weighted by Crippen LogP contribution is 2.38. The normalized spacial score (nSPS) is 12.0. The van der Waals surface area contributed by atoms with Crippen molar-refractivity contribution >= 4 is 134 Å². The molecule has 32 nitrogen and oxygen atoms in total. The quantitative estimate of drug-likeness (QED) is 0.0358. The van der Waals surface area contributed by atoms with Crippen LogP contribution in [0.15, 0.2) is 220 Å². The van der Waals surface area contributed by atoms with E-state index in [1.54, 1.807) is 99.1 Å². The summed E-state index contributed by atoms with van der Waals surface area (Å²) in [4.78, 5) is 114. The smallest absolute Gasteiger partial charge is 0.227 e. The van der Waals surface area contributed by atoms with Crippen molar-refractivity contribution in [3.8, 4) is 90.6 Å². The third-order valence-corrected chi connectivity index (χ3v) is 20.6. The molecule has 20 aromatic rings. The third-order valence-electron chi connectivity index (χ3n) is 20.6. The Bertz CT molecular complexity index is 7200. The van der Waals surface area contributed by atoms with E-state index in [0.717, 1.165) is 187 Å². The summed E-state index contributed by atoms with van der Waals surface area (Å²) < 4.78 is 0. The zero-order valence-electron chi connectivity index (χ0n) is 67.3. The fraction of sp³-hybridized carbons (Fsp3) is 0.165. The molecule has 1 fully saturated rings. The Balaban J connectivity index is 0.000000112. The number of fused-ring (bicyclic) bond motifs is 8. The average Bonchev–Trinajstić information content (AvgIpc) is 1.65. The van der Waals surface area contributed by atoms with E-state index in [2.05, 4.69) is 167 Å². The number of hydrogen-bond acceptors (Lipinski definition) is 20. The number of carbonyl (C=O) groups excluding carboxylic acids is 4. The number of nitrogens with zero attached hydrogens (tertiary/aromatic N) is 16. The van der Waals surface area contributed by atoms with Crippen molar-refractivity contribution in [1.82, 2.24) is 121 Å². The van der Waals surface area contributed by atoms with Gasteiger partial charge in [-0.3, -0.25) is 79.4 Å². The molecule has 0 unspecified atom stereocenters. The Morgan fingerprint density at radius 1 is 0.333 bits per heavy atom. The van der Waals surface area contributed by atoms with E-state index in [1.165, 1.54) is 0 Å². The Kier molecular flexibility index (Phi) is 21.5. The van der Waals surface area contributed by atoms with E-state index in [-0.39, 0.29) is 35.0 Å². The second kappa shape index (κ2) is 34.0. The zero-order chi connectivity index (χ0) is 84.1. The Labute approximate surface area is 699 Å². The summed E-state index contributed by atoms with van der Waals surface area (Å²) in [5.41, 5.74) is 23.6. The van der Waals surface area contributed by atoms with Crippen molar-refractivity contribution in [2.24, 2.45) is 11.3 Å². The van der Waals surface area contributed by atoms with Crippen molar-refractivity contribution in [3.05, 3.63) is 220 Å². The van der Waals surface area contributed by atoms with Crippen LogP contribution < -0.4 is 21.3 Å². The van der Waals surface area contributed by atoms with Gasteiger partial charge in [0.15, 0.2) is 23.3 Å². The van der Waals surface area contributed by atoms with Gasteiger partial charge in [-0.2, -0.15) is 20.4 Å². The second-order valence-electron chi connectivity index (χ2n) is 31.1. The SMILES string of the molecule is CC(C)(C)CC(=O)Nc1cncc(-c2ccc3[nH]nc(-c4nc5ccncc5[nH]4)c3c2)c1.CCCC(=O)Nc1cncc(-c2ccc3[nH]nc(-c4nc5ccncc5[nH]4)c3c2)c1.CCCCC(=O)Nc1cncc(-c2ccc3[nH]nc(-c4nc5ccncc5[nH]4)c3c2)c1.O=C(Nc1cncc(-c2ccc3[nH]nc(-c4nc5ccncc5[nH]4)c3c2)c1)C1CC1. The molecule has 123 heavy (non-hydrogen) atoms. The van der Waals surface area contributed by atoms with E-state index in [9.17, 15) is 19.2 Å². The fourth-order valence-corrected chi connectivity index (χ4v) is 14.3. The summed E-state index contributed by atoms with van der Waals surface area (Å²) in [6, 6.07) is 39.4. The molecule has 0 atom stereocenters. The van der Waals surface area contributed by atoms with Crippen LogP contribution in [-0.2, 0) is 19.2 Å². The van der Waals surface area contributed by atoms with E-state index in [1.807, 2.05) is 131 Å². The minimum absolute atomic E-state index is 0.00717. The molecule has 0 spiro atoms. The van der Waals surface area contributed by atoms with Gasteiger partial charge < -0.3 is 41.2 Å². The first kappa shape index (κ1) is 77.9. The average molecular weight is 1630 g/mol. The standard InChI is InChI=1S/C24H23N7O.C23H21N7O.C22H17N7O.C22H19N7O/c1-24(2,3)10-21(32)27-16-8-15(11-26-12-16)14-4-5-18-17(9-14)22(31-30-18)23-28-19-6-7-25-13-20(19)29-23;1-2-3-4-21(31)26-16-9-15(11-25-12-16)14-5-6-18-17(10-14)22(30-29-18)23-27-19-7-8-24-13-20(19)28-23;30-22(12-1-2-12)25-15-7-14(9-24-10-15)13-3-4-17-16(8-13)20(29-28-17)21-26-18-5-6-23-11-19(18)27-21;1-2-3-20(30)25-15-8-14(10-24-11-15)13-4-5-17-16(9-13)21(29-28-17)22-26-18-6-7-23-12-19(18)27-22/h4-9,11-13H,10H2,1-3H3,(H,27,32)(H,28,29)(H,30,31);5-13H,2-4H2,1H3,(H,26,31)(H,27,28)(H,29,30);3-12H,1-2H2,(H,25,30)(H,26,27)(H,28,29);4-12H,2-3H2,1H3,(H,25,30)(H,26,27)(H,28,29). The highest BCUT2D eigenvalue weighted by atomic mass is 16.2. The molecule has 32 heteroatoms. The number of anilines is 4. The van der Waals surface area contributed by atoms with Gasteiger partial charge in [-0.05, 0) is 150 Å². The summed E-state index contributed by atoms with van der Waals surface area (Å²) in [5.74, 6) is 2.92. The first-order valence-electron chi connectivity index (χ1n) is 40.2. The van der Waals surface area contributed by atoms with E-state index in [4.69, 9.17) is 0 Å². The zero-order valence-corrected chi connectivity index (χ0v) is 67.3. The van der Waals surface area contributed by atoms with Crippen LogP contribution in [0.2, 0.25) is 0 Å². The van der Waals surface area contributed by atoms with Crippen LogP contribution in [0.4, 0.5) is 22.7 Å². The van der Waals surface area contributed by atoms with Gasteiger partial charge in [0, 0.05) is 119 Å². The van der Waals surface area contributed by atoms with Crippen molar-refractivity contribution in [2.45, 2.75) is 86.0 Å². The highest BCUT2D eigenvalue weighted by molar-refractivity contribution is 6.02. The minimum Gasteiger partial charge on any atom is -0.335 e. The maximum atomic E-state index is 12.3. The number of amides is 4. The summed E-state index contributed by atoms with van der Waals surface area (Å²) in [5, 5.41) is 45.7. The molecular weight excluding hydrogens is 1550 g/mol. The van der Waals surface area contributed by atoms with Crippen LogP contribution in [0, 0.1) is 11.3 Å². The summed E-state index contributed by atoms with van der Waals surface area (Å²) >= 11 is 0. The number of carbonyl (C=O) groups is 4. The lowest BCUT2D eigenvalue weighted by Gasteiger charge is -2.17. The Morgan fingerprint density at radius 2 is 0.642 bits per heavy atom. The van der Waals surface area contributed by atoms with E-state index in [0.29, 0.717) is 65.3 Å². The molecule has 0 radical (unpaired) electrons. The fourth-order valence-electron chi connectivity index (χ4n) is 14.3. The van der Waals surface area contributed by atoms with E-state index >= 15 is 0 Å². The molecule has 608 valence electrons. The molecule has 0 saturated heterocycles. The number of aromatic nitrogens is 24. The maximum Gasteiger partial charge on any atom is 0.227 e. The van der Waals surface area contributed by atoms with Gasteiger partial charge in [-0.25, -0.2) is 19.9 Å². The number of unbranched alkanes of at least 4 members (excludes halogenated alkanes) is 1.